The van der Waals surface area contributed by atoms with Crippen LogP contribution >= 0.6 is 12.2 Å². The number of nitrogens with one attached hydrogen (secondary N) is 2. The van der Waals surface area contributed by atoms with Gasteiger partial charge in [-0.1, -0.05) is 36.4 Å². The summed E-state index contributed by atoms with van der Waals surface area (Å²) in [7, 11) is 0. The Morgan fingerprint density at radius 3 is 2.45 bits per heavy atom. The summed E-state index contributed by atoms with van der Waals surface area (Å²) in [5.41, 5.74) is 3.51. The average molecular weight is 455 g/mol. The van der Waals surface area contributed by atoms with Crippen LogP contribution in [-0.2, 0) is 4.79 Å². The fraction of sp³-hybridized carbons (Fsp3) is 0.115. The predicted octanol–water partition coefficient (Wildman–Crippen LogP) is 5.48. The molecule has 5 rings (SSSR count). The second-order valence-electron chi connectivity index (χ2n) is 7.79. The van der Waals surface area contributed by atoms with Gasteiger partial charge in [0.05, 0.1) is 11.7 Å². The maximum atomic E-state index is 11.4. The molecule has 2 aromatic carbocycles. The molecule has 0 unspecified atom stereocenters. The highest BCUT2D eigenvalue weighted by molar-refractivity contribution is 7.80. The third kappa shape index (κ3) is 4.23. The molecule has 0 spiro atoms. The predicted molar refractivity (Wildman–Crippen MR) is 133 cm³/mol. The lowest BCUT2D eigenvalue weighted by Crippen LogP contribution is -2.29. The molecule has 0 radical (unpaired) electrons. The summed E-state index contributed by atoms with van der Waals surface area (Å²) < 4.78 is 6.36. The maximum absolute atomic E-state index is 11.4. The van der Waals surface area contributed by atoms with Crippen molar-refractivity contribution < 1.29 is 9.21 Å². The first-order valence-corrected chi connectivity index (χ1v) is 11.0. The summed E-state index contributed by atoms with van der Waals surface area (Å²) in [4.78, 5) is 18.0. The van der Waals surface area contributed by atoms with Crippen molar-refractivity contribution in [2.45, 2.75) is 19.0 Å². The SMILES string of the molecule is CC(=O)Nc1ccc(N2C(=S)N[C@@H](c3ccccn3)[C@@H]2c2ccc(-c3ccccc3)o2)cc1. The second kappa shape index (κ2) is 8.88. The first-order chi connectivity index (χ1) is 16.1. The van der Waals surface area contributed by atoms with E-state index in [-0.39, 0.29) is 18.0 Å². The Morgan fingerprint density at radius 1 is 1.00 bits per heavy atom. The number of benzene rings is 2. The van der Waals surface area contributed by atoms with Gasteiger partial charge in [0.2, 0.25) is 5.91 Å². The Labute approximate surface area is 197 Å². The van der Waals surface area contributed by atoms with Crippen LogP contribution in [0.3, 0.4) is 0 Å². The molecular weight excluding hydrogens is 432 g/mol. The molecular formula is C26H22N4O2S. The zero-order valence-corrected chi connectivity index (χ0v) is 18.8. The van der Waals surface area contributed by atoms with Crippen LogP contribution in [-0.4, -0.2) is 16.0 Å². The monoisotopic (exact) mass is 454 g/mol. The van der Waals surface area contributed by atoms with Crippen LogP contribution in [0.15, 0.2) is 95.5 Å². The molecule has 2 atom stereocenters. The minimum atomic E-state index is -0.239. The quantitative estimate of drug-likeness (QED) is 0.389. The van der Waals surface area contributed by atoms with Gasteiger partial charge in [-0.25, -0.2) is 0 Å². The molecule has 1 aliphatic rings. The minimum Gasteiger partial charge on any atom is -0.459 e. The number of rotatable bonds is 5. The van der Waals surface area contributed by atoms with E-state index >= 15 is 0 Å². The molecule has 0 aliphatic carbocycles. The largest absolute Gasteiger partial charge is 0.459 e. The van der Waals surface area contributed by atoms with Gasteiger partial charge < -0.3 is 20.0 Å². The zero-order chi connectivity index (χ0) is 22.8. The summed E-state index contributed by atoms with van der Waals surface area (Å²) in [6.45, 7) is 1.49. The van der Waals surface area contributed by atoms with E-state index in [9.17, 15) is 4.79 Å². The van der Waals surface area contributed by atoms with E-state index in [1.165, 1.54) is 6.92 Å². The highest BCUT2D eigenvalue weighted by atomic mass is 32.1. The molecule has 4 aromatic rings. The van der Waals surface area contributed by atoms with Crippen LogP contribution < -0.4 is 15.5 Å². The lowest BCUT2D eigenvalue weighted by molar-refractivity contribution is -0.114. The van der Waals surface area contributed by atoms with E-state index in [2.05, 4.69) is 15.6 Å². The van der Waals surface area contributed by atoms with Crippen LogP contribution in [0.1, 0.15) is 30.5 Å². The lowest BCUT2D eigenvalue weighted by Gasteiger charge is -2.26. The Hall–Kier alpha value is -3.97. The van der Waals surface area contributed by atoms with Crippen LogP contribution in [0.5, 0.6) is 0 Å². The molecule has 7 heteroatoms. The van der Waals surface area contributed by atoms with Crippen molar-refractivity contribution in [3.05, 3.63) is 103 Å². The van der Waals surface area contributed by atoms with Gasteiger partial charge in [-0.2, -0.15) is 0 Å². The number of thiocarbonyl (C=S) groups is 1. The van der Waals surface area contributed by atoms with Gasteiger partial charge in [0, 0.05) is 30.1 Å². The molecule has 33 heavy (non-hydrogen) atoms. The van der Waals surface area contributed by atoms with Crippen molar-refractivity contribution in [2.24, 2.45) is 0 Å². The van der Waals surface area contributed by atoms with E-state index in [1.807, 2.05) is 89.8 Å². The Kier molecular flexibility index (Phi) is 5.62. The number of hydrogen-bond donors (Lipinski definition) is 2. The van der Waals surface area contributed by atoms with Gasteiger partial charge in [0.25, 0.3) is 0 Å². The van der Waals surface area contributed by atoms with Crippen molar-refractivity contribution in [3.63, 3.8) is 0 Å². The maximum Gasteiger partial charge on any atom is 0.221 e. The smallest absolute Gasteiger partial charge is 0.221 e. The minimum absolute atomic E-state index is 0.113. The van der Waals surface area contributed by atoms with Gasteiger partial charge in [-0.3, -0.25) is 9.78 Å². The number of hydrogen-bond acceptors (Lipinski definition) is 4. The fourth-order valence-electron chi connectivity index (χ4n) is 4.10. The fourth-order valence-corrected chi connectivity index (χ4v) is 4.45. The van der Waals surface area contributed by atoms with E-state index < -0.39 is 0 Å². The molecule has 2 N–H and O–H groups in total. The molecule has 0 saturated carbocycles. The van der Waals surface area contributed by atoms with E-state index in [0.29, 0.717) is 5.11 Å². The molecule has 6 nitrogen and oxygen atoms in total. The van der Waals surface area contributed by atoms with E-state index in [0.717, 1.165) is 34.2 Å². The van der Waals surface area contributed by atoms with E-state index in [4.69, 9.17) is 16.6 Å². The zero-order valence-electron chi connectivity index (χ0n) is 17.9. The van der Waals surface area contributed by atoms with Crippen molar-refractivity contribution in [2.75, 3.05) is 10.2 Å². The third-order valence-corrected chi connectivity index (χ3v) is 5.86. The van der Waals surface area contributed by atoms with E-state index in [1.54, 1.807) is 6.20 Å². The van der Waals surface area contributed by atoms with Crippen molar-refractivity contribution in [3.8, 4) is 11.3 Å². The second-order valence-corrected chi connectivity index (χ2v) is 8.18. The van der Waals surface area contributed by atoms with Crippen molar-refractivity contribution >= 4 is 34.6 Å². The lowest BCUT2D eigenvalue weighted by atomic mass is 10.0. The van der Waals surface area contributed by atoms with Gasteiger partial charge in [0.1, 0.15) is 17.6 Å². The molecule has 1 amide bonds. The summed E-state index contributed by atoms with van der Waals surface area (Å²) in [6, 6.07) is 27.0. The molecule has 3 heterocycles. The molecule has 1 fully saturated rings. The van der Waals surface area contributed by atoms with Gasteiger partial charge in [-0.15, -0.1) is 0 Å². The number of pyridine rings is 1. The molecule has 1 saturated heterocycles. The summed E-state index contributed by atoms with van der Waals surface area (Å²) in [5.74, 6) is 1.46. The Bertz CT molecular complexity index is 1270. The van der Waals surface area contributed by atoms with Gasteiger partial charge in [-0.05, 0) is 60.7 Å². The third-order valence-electron chi connectivity index (χ3n) is 5.54. The topological polar surface area (TPSA) is 70.4 Å². The van der Waals surface area contributed by atoms with Crippen LogP contribution in [0.2, 0.25) is 0 Å². The first-order valence-electron chi connectivity index (χ1n) is 10.6. The normalized spacial score (nSPS) is 17.6. The number of amides is 1. The van der Waals surface area contributed by atoms with Gasteiger partial charge >= 0.3 is 0 Å². The van der Waals surface area contributed by atoms with Crippen LogP contribution in [0, 0.1) is 0 Å². The first kappa shape index (κ1) is 20.9. The Morgan fingerprint density at radius 2 is 1.76 bits per heavy atom. The summed E-state index contributed by atoms with van der Waals surface area (Å²) in [5, 5.41) is 6.81. The number of nitrogens with zero attached hydrogens (tertiary/aromatic N) is 2. The summed E-state index contributed by atoms with van der Waals surface area (Å²) >= 11 is 5.76. The molecule has 1 aliphatic heterocycles. The van der Waals surface area contributed by atoms with Crippen LogP contribution in [0.4, 0.5) is 11.4 Å². The molecule has 2 aromatic heterocycles. The number of aromatic nitrogens is 1. The average Bonchev–Trinajstić information content (AvgIpc) is 3.45. The Balaban J connectivity index is 1.55. The molecule has 164 valence electrons. The van der Waals surface area contributed by atoms with Crippen molar-refractivity contribution in [1.82, 2.24) is 10.3 Å². The van der Waals surface area contributed by atoms with Crippen molar-refractivity contribution in [1.29, 1.82) is 0 Å². The van der Waals surface area contributed by atoms with Crippen LogP contribution in [0.25, 0.3) is 11.3 Å². The van der Waals surface area contributed by atoms with Gasteiger partial charge in [0.15, 0.2) is 5.11 Å². The standard InChI is InChI=1S/C26H22N4O2S/c1-17(31)28-19-10-12-20(13-11-19)30-25(24(29-26(30)33)21-9-5-6-16-27-21)23-15-14-22(32-23)18-7-3-2-4-8-18/h2-16,24-25H,1H3,(H,28,31)(H,29,33)/t24-,25-/m0/s1. The highest BCUT2D eigenvalue weighted by Crippen LogP contribution is 2.43. The number of furan rings is 1. The highest BCUT2D eigenvalue weighted by Gasteiger charge is 2.42. The number of carbonyl (C=O) groups excluding carboxylic acids is 1. The number of carbonyl (C=O) groups is 1. The number of anilines is 2. The summed E-state index contributed by atoms with van der Waals surface area (Å²) in [6.07, 6.45) is 1.78. The molecule has 0 bridgehead atoms.